The maximum absolute atomic E-state index is 4.63. The van der Waals surface area contributed by atoms with Crippen molar-refractivity contribution >= 4 is 32.4 Å². The van der Waals surface area contributed by atoms with Crippen LogP contribution in [0.3, 0.4) is 0 Å². The van der Waals surface area contributed by atoms with Gasteiger partial charge in [-0.15, -0.1) is 0 Å². The first-order valence-electron chi connectivity index (χ1n) is 12.3. The van der Waals surface area contributed by atoms with Gasteiger partial charge in [-0.3, -0.25) is 4.98 Å². The summed E-state index contributed by atoms with van der Waals surface area (Å²) >= 11 is 0. The Morgan fingerprint density at radius 1 is 0.361 bits per heavy atom. The van der Waals surface area contributed by atoms with Gasteiger partial charge in [0.15, 0.2) is 0 Å². The fourth-order valence-corrected chi connectivity index (χ4v) is 5.53. The van der Waals surface area contributed by atoms with Gasteiger partial charge in [0.2, 0.25) is 0 Å². The predicted molar refractivity (Wildman–Crippen MR) is 153 cm³/mol. The highest BCUT2D eigenvalue weighted by Gasteiger charge is 2.18. The molecule has 1 heteroatoms. The highest BCUT2D eigenvalue weighted by molar-refractivity contribution is 6.23. The van der Waals surface area contributed by atoms with Gasteiger partial charge >= 0.3 is 0 Å². The Hall–Kier alpha value is -4.75. The molecule has 7 aromatic rings. The summed E-state index contributed by atoms with van der Waals surface area (Å²) < 4.78 is 0. The van der Waals surface area contributed by atoms with Gasteiger partial charge in [-0.25, -0.2) is 0 Å². The van der Waals surface area contributed by atoms with E-state index >= 15 is 0 Å². The zero-order chi connectivity index (χ0) is 23.9. The van der Waals surface area contributed by atoms with E-state index in [4.69, 9.17) is 0 Å². The minimum atomic E-state index is 1.02. The summed E-state index contributed by atoms with van der Waals surface area (Å²) in [5.41, 5.74) is 8.47. The van der Waals surface area contributed by atoms with Crippen LogP contribution in [-0.4, -0.2) is 4.98 Å². The highest BCUT2D eigenvalue weighted by atomic mass is 14.6. The lowest BCUT2D eigenvalue weighted by Gasteiger charge is -2.19. The first-order chi connectivity index (χ1) is 17.9. The Morgan fingerprint density at radius 2 is 0.889 bits per heavy atom. The minimum absolute atomic E-state index is 1.02. The topological polar surface area (TPSA) is 12.9 Å². The predicted octanol–water partition coefficient (Wildman–Crippen LogP) is 9.54. The summed E-state index contributed by atoms with van der Waals surface area (Å²) in [5, 5.41) is 6.21. The maximum atomic E-state index is 4.63. The SMILES string of the molecule is c1ccc(-c2cccc(-c3c4ccccc4c(-c4ccnc5ccccc45)c4ccccc34)c2)cc1. The average Bonchev–Trinajstić information content (AvgIpc) is 2.96. The maximum Gasteiger partial charge on any atom is 0.0708 e. The normalized spacial score (nSPS) is 11.3. The summed E-state index contributed by atoms with van der Waals surface area (Å²) in [5.74, 6) is 0. The highest BCUT2D eigenvalue weighted by Crippen LogP contribution is 2.45. The van der Waals surface area contributed by atoms with Crippen LogP contribution in [0.15, 0.2) is 140 Å². The molecule has 168 valence electrons. The van der Waals surface area contributed by atoms with Crippen molar-refractivity contribution in [3.63, 3.8) is 0 Å². The quantitative estimate of drug-likeness (QED) is 0.241. The summed E-state index contributed by atoms with van der Waals surface area (Å²) in [4.78, 5) is 4.63. The molecule has 6 aromatic carbocycles. The van der Waals surface area contributed by atoms with E-state index in [1.807, 2.05) is 6.20 Å². The Morgan fingerprint density at radius 3 is 1.58 bits per heavy atom. The number of rotatable bonds is 3. The molecule has 0 spiro atoms. The number of para-hydroxylation sites is 1. The summed E-state index contributed by atoms with van der Waals surface area (Å²) in [6.07, 6.45) is 1.93. The number of benzene rings is 6. The molecule has 1 nitrogen and oxygen atoms in total. The van der Waals surface area contributed by atoms with E-state index in [1.54, 1.807) is 0 Å². The van der Waals surface area contributed by atoms with E-state index in [0.717, 1.165) is 5.52 Å². The van der Waals surface area contributed by atoms with Gasteiger partial charge in [-0.05, 0) is 73.1 Å². The van der Waals surface area contributed by atoms with Crippen LogP contribution in [0.1, 0.15) is 0 Å². The Kier molecular flexibility index (Phi) is 4.85. The summed E-state index contributed by atoms with van der Waals surface area (Å²) in [6.45, 7) is 0. The smallest absolute Gasteiger partial charge is 0.0708 e. The van der Waals surface area contributed by atoms with E-state index in [0.29, 0.717) is 0 Å². The molecule has 0 bridgehead atoms. The van der Waals surface area contributed by atoms with Crippen molar-refractivity contribution < 1.29 is 0 Å². The third kappa shape index (κ3) is 3.29. The lowest BCUT2D eigenvalue weighted by Crippen LogP contribution is -1.92. The van der Waals surface area contributed by atoms with Crippen LogP contribution in [0.25, 0.3) is 65.8 Å². The molecule has 0 radical (unpaired) electrons. The minimum Gasteiger partial charge on any atom is -0.256 e. The van der Waals surface area contributed by atoms with E-state index in [2.05, 4.69) is 138 Å². The molecule has 0 N–H and O–H groups in total. The van der Waals surface area contributed by atoms with Crippen molar-refractivity contribution in [3.8, 4) is 33.4 Å². The van der Waals surface area contributed by atoms with Crippen molar-refractivity contribution in [2.24, 2.45) is 0 Å². The van der Waals surface area contributed by atoms with Gasteiger partial charge in [-0.2, -0.15) is 0 Å². The molecule has 0 saturated heterocycles. The molecule has 0 saturated carbocycles. The third-order valence-electron chi connectivity index (χ3n) is 7.11. The lowest BCUT2D eigenvalue weighted by molar-refractivity contribution is 1.41. The van der Waals surface area contributed by atoms with Gasteiger partial charge in [0.1, 0.15) is 0 Å². The number of aromatic nitrogens is 1. The summed E-state index contributed by atoms with van der Waals surface area (Å²) in [6, 6.07) is 47.8. The van der Waals surface area contributed by atoms with Gasteiger partial charge < -0.3 is 0 Å². The molecule has 0 aliphatic rings. The van der Waals surface area contributed by atoms with Crippen LogP contribution in [0, 0.1) is 0 Å². The number of nitrogens with zero attached hydrogens (tertiary/aromatic N) is 1. The number of hydrogen-bond acceptors (Lipinski definition) is 1. The average molecular weight is 458 g/mol. The number of fused-ring (bicyclic) bond motifs is 3. The van der Waals surface area contributed by atoms with Crippen molar-refractivity contribution in [1.82, 2.24) is 4.98 Å². The van der Waals surface area contributed by atoms with E-state index in [9.17, 15) is 0 Å². The van der Waals surface area contributed by atoms with Gasteiger partial charge in [0.05, 0.1) is 5.52 Å². The van der Waals surface area contributed by atoms with Crippen molar-refractivity contribution in [2.75, 3.05) is 0 Å². The Labute approximate surface area is 210 Å². The first-order valence-corrected chi connectivity index (χ1v) is 12.3. The van der Waals surface area contributed by atoms with Gasteiger partial charge in [0.25, 0.3) is 0 Å². The molecule has 1 aromatic heterocycles. The molecule has 0 fully saturated rings. The molecular formula is C35H23N. The van der Waals surface area contributed by atoms with E-state index in [1.165, 1.54) is 60.3 Å². The van der Waals surface area contributed by atoms with Gasteiger partial charge in [-0.1, -0.05) is 115 Å². The second-order valence-corrected chi connectivity index (χ2v) is 9.16. The van der Waals surface area contributed by atoms with Crippen LogP contribution in [-0.2, 0) is 0 Å². The molecule has 0 unspecified atom stereocenters. The van der Waals surface area contributed by atoms with Crippen molar-refractivity contribution in [3.05, 3.63) is 140 Å². The third-order valence-corrected chi connectivity index (χ3v) is 7.11. The molecule has 0 atom stereocenters. The van der Waals surface area contributed by atoms with Crippen molar-refractivity contribution in [1.29, 1.82) is 0 Å². The molecule has 7 rings (SSSR count). The van der Waals surface area contributed by atoms with Crippen LogP contribution in [0.2, 0.25) is 0 Å². The van der Waals surface area contributed by atoms with Crippen molar-refractivity contribution in [2.45, 2.75) is 0 Å². The van der Waals surface area contributed by atoms with Crippen LogP contribution < -0.4 is 0 Å². The molecule has 1 heterocycles. The zero-order valence-electron chi connectivity index (χ0n) is 19.7. The molecule has 0 aliphatic heterocycles. The second kappa shape index (κ2) is 8.48. The molecule has 0 aliphatic carbocycles. The number of pyridine rings is 1. The summed E-state index contributed by atoms with van der Waals surface area (Å²) in [7, 11) is 0. The first kappa shape index (κ1) is 20.6. The largest absolute Gasteiger partial charge is 0.256 e. The Bertz CT molecular complexity index is 1820. The fourth-order valence-electron chi connectivity index (χ4n) is 5.53. The Balaban J connectivity index is 1.59. The van der Waals surface area contributed by atoms with Crippen LogP contribution >= 0.6 is 0 Å². The molecule has 36 heavy (non-hydrogen) atoms. The second-order valence-electron chi connectivity index (χ2n) is 9.16. The van der Waals surface area contributed by atoms with E-state index in [-0.39, 0.29) is 0 Å². The monoisotopic (exact) mass is 457 g/mol. The standard InChI is InChI=1S/C35H23N/c1-2-11-24(12-3-1)25-13-10-14-26(23-25)34-28-16-4-6-18-30(28)35(31-19-7-5-17-29(31)34)32-21-22-36-33-20-9-8-15-27(32)33/h1-23H. The molecular weight excluding hydrogens is 434 g/mol. The number of hydrogen-bond donors (Lipinski definition) is 0. The van der Waals surface area contributed by atoms with Crippen LogP contribution in [0.4, 0.5) is 0 Å². The fraction of sp³-hybridized carbons (Fsp3) is 0. The lowest BCUT2D eigenvalue weighted by atomic mass is 9.85. The van der Waals surface area contributed by atoms with Crippen LogP contribution in [0.5, 0.6) is 0 Å². The van der Waals surface area contributed by atoms with E-state index < -0.39 is 0 Å². The van der Waals surface area contributed by atoms with Gasteiger partial charge in [0, 0.05) is 11.6 Å². The zero-order valence-corrected chi connectivity index (χ0v) is 19.7. The molecule has 0 amide bonds.